The van der Waals surface area contributed by atoms with Gasteiger partial charge in [0, 0.05) is 6.42 Å². The third-order valence-corrected chi connectivity index (χ3v) is 3.66. The van der Waals surface area contributed by atoms with E-state index in [-0.39, 0.29) is 36.8 Å². The van der Waals surface area contributed by atoms with Crippen LogP contribution >= 0.6 is 0 Å². The van der Waals surface area contributed by atoms with Crippen LogP contribution in [0.3, 0.4) is 0 Å². The summed E-state index contributed by atoms with van der Waals surface area (Å²) in [6, 6.07) is 0. The number of hydrogen-bond donors (Lipinski definition) is 1. The first-order valence-corrected chi connectivity index (χ1v) is 5.71. The topological polar surface area (TPSA) is 71.6 Å². The molecule has 0 radical (unpaired) electrons. The van der Waals surface area contributed by atoms with Gasteiger partial charge >= 0.3 is 5.97 Å². The minimum atomic E-state index is -0.785. The molecule has 0 aromatic carbocycles. The van der Waals surface area contributed by atoms with Gasteiger partial charge in [-0.25, -0.2) is 0 Å². The molecule has 5 heteroatoms. The molecular formula is C11H16O5. The summed E-state index contributed by atoms with van der Waals surface area (Å²) < 4.78 is 16.2. The molecule has 0 aliphatic carbocycles. The van der Waals surface area contributed by atoms with E-state index < -0.39 is 11.7 Å². The summed E-state index contributed by atoms with van der Waals surface area (Å²) in [5.41, 5.74) is -0.401. The third kappa shape index (κ3) is 1.54. The molecular weight excluding hydrogens is 212 g/mol. The highest BCUT2D eigenvalue weighted by atomic mass is 16.7. The summed E-state index contributed by atoms with van der Waals surface area (Å²) in [7, 11) is 0. The number of cyclic esters (lactones) is 1. The van der Waals surface area contributed by atoms with Crippen LogP contribution in [0.2, 0.25) is 0 Å². The SMILES string of the molecule is C[C@@H]1C[C@@H]2O[C@@H]2[C@@]2(C)O[C@@H]2[C@@H](O)CC(=O)O1. The van der Waals surface area contributed by atoms with Crippen molar-refractivity contribution in [3.05, 3.63) is 0 Å². The third-order valence-electron chi connectivity index (χ3n) is 3.66. The Labute approximate surface area is 93.7 Å². The van der Waals surface area contributed by atoms with Crippen LogP contribution in [0.1, 0.15) is 26.7 Å². The lowest BCUT2D eigenvalue weighted by Crippen LogP contribution is -2.32. The van der Waals surface area contributed by atoms with Gasteiger partial charge in [-0.05, 0) is 13.8 Å². The summed E-state index contributed by atoms with van der Waals surface area (Å²) in [5, 5.41) is 9.82. The Hall–Kier alpha value is -0.650. The monoisotopic (exact) mass is 228 g/mol. The average molecular weight is 228 g/mol. The molecule has 3 aliphatic rings. The molecule has 0 unspecified atom stereocenters. The molecule has 3 saturated heterocycles. The first-order valence-electron chi connectivity index (χ1n) is 5.71. The zero-order chi connectivity index (χ0) is 11.5. The molecule has 5 nitrogen and oxygen atoms in total. The standard InChI is InChI=1S/C11H16O5/c1-5-3-7-10(15-7)11(2)9(16-11)6(12)4-8(13)14-5/h5-7,9-10,12H,3-4H2,1-2H3/t5-,6+,7+,9-,10+,11+/m1/s1. The molecule has 3 heterocycles. The number of fused-ring (bicyclic) bond motifs is 3. The number of carbonyl (C=O) groups is 1. The van der Waals surface area contributed by atoms with E-state index in [0.717, 1.165) is 0 Å². The predicted molar refractivity (Wildman–Crippen MR) is 52.7 cm³/mol. The van der Waals surface area contributed by atoms with Gasteiger partial charge in [0.25, 0.3) is 0 Å². The van der Waals surface area contributed by atoms with Crippen molar-refractivity contribution in [3.63, 3.8) is 0 Å². The van der Waals surface area contributed by atoms with E-state index in [2.05, 4.69) is 0 Å². The molecule has 0 amide bonds. The van der Waals surface area contributed by atoms with Gasteiger partial charge in [-0.3, -0.25) is 4.79 Å². The molecule has 3 fully saturated rings. The molecule has 6 atom stereocenters. The summed E-state index contributed by atoms with van der Waals surface area (Å²) in [4.78, 5) is 11.4. The Morgan fingerprint density at radius 2 is 2.19 bits per heavy atom. The van der Waals surface area contributed by atoms with Gasteiger partial charge in [-0.15, -0.1) is 0 Å². The van der Waals surface area contributed by atoms with Crippen LogP contribution in [0.25, 0.3) is 0 Å². The second-order valence-electron chi connectivity index (χ2n) is 5.13. The molecule has 3 aliphatic heterocycles. The number of aliphatic hydroxyl groups excluding tert-OH is 1. The minimum Gasteiger partial charge on any atom is -0.462 e. The zero-order valence-electron chi connectivity index (χ0n) is 9.38. The Morgan fingerprint density at radius 1 is 1.44 bits per heavy atom. The highest BCUT2D eigenvalue weighted by Crippen LogP contribution is 2.52. The van der Waals surface area contributed by atoms with Gasteiger partial charge in [-0.2, -0.15) is 0 Å². The minimum absolute atomic E-state index is 0.00197. The molecule has 0 aromatic heterocycles. The molecule has 3 rings (SSSR count). The number of epoxide rings is 2. The lowest BCUT2D eigenvalue weighted by Gasteiger charge is -2.16. The van der Waals surface area contributed by atoms with Gasteiger partial charge in [0.1, 0.15) is 23.9 Å². The number of rotatable bonds is 0. The van der Waals surface area contributed by atoms with Crippen molar-refractivity contribution in [2.24, 2.45) is 0 Å². The lowest BCUT2D eigenvalue weighted by molar-refractivity contribution is -0.151. The fourth-order valence-electron chi connectivity index (χ4n) is 2.68. The second kappa shape index (κ2) is 3.18. The molecule has 90 valence electrons. The van der Waals surface area contributed by atoms with Gasteiger partial charge in [-0.1, -0.05) is 0 Å². The number of ether oxygens (including phenoxy) is 3. The van der Waals surface area contributed by atoms with Crippen LogP contribution < -0.4 is 0 Å². The second-order valence-corrected chi connectivity index (χ2v) is 5.13. The smallest absolute Gasteiger partial charge is 0.308 e. The van der Waals surface area contributed by atoms with Crippen LogP contribution in [0, 0.1) is 0 Å². The molecule has 0 spiro atoms. The van der Waals surface area contributed by atoms with E-state index in [0.29, 0.717) is 6.42 Å². The van der Waals surface area contributed by atoms with Gasteiger partial charge in [0.15, 0.2) is 0 Å². The van der Waals surface area contributed by atoms with Crippen molar-refractivity contribution >= 4 is 5.97 Å². The Bertz CT molecular complexity index is 330. The van der Waals surface area contributed by atoms with Crippen molar-refractivity contribution < 1.29 is 24.1 Å². The van der Waals surface area contributed by atoms with E-state index in [1.807, 2.05) is 13.8 Å². The molecule has 0 saturated carbocycles. The predicted octanol–water partition coefficient (Wildman–Crippen LogP) is -0.00230. The number of hydrogen-bond acceptors (Lipinski definition) is 5. The maximum atomic E-state index is 11.4. The quantitative estimate of drug-likeness (QED) is 0.466. The largest absolute Gasteiger partial charge is 0.462 e. The fourth-order valence-corrected chi connectivity index (χ4v) is 2.68. The van der Waals surface area contributed by atoms with E-state index >= 15 is 0 Å². The van der Waals surface area contributed by atoms with Crippen molar-refractivity contribution in [3.8, 4) is 0 Å². The zero-order valence-corrected chi connectivity index (χ0v) is 9.38. The molecule has 16 heavy (non-hydrogen) atoms. The van der Waals surface area contributed by atoms with E-state index in [1.54, 1.807) is 0 Å². The van der Waals surface area contributed by atoms with Crippen molar-refractivity contribution in [2.75, 3.05) is 0 Å². The molecule has 0 bridgehead atoms. The van der Waals surface area contributed by atoms with Gasteiger partial charge in [0.05, 0.1) is 18.6 Å². The number of esters is 1. The Morgan fingerprint density at radius 3 is 2.94 bits per heavy atom. The molecule has 1 N–H and O–H groups in total. The van der Waals surface area contributed by atoms with Crippen molar-refractivity contribution in [2.45, 2.75) is 62.8 Å². The highest BCUT2D eigenvalue weighted by Gasteiger charge is 2.69. The molecule has 0 aromatic rings. The maximum absolute atomic E-state index is 11.4. The Balaban J connectivity index is 1.77. The summed E-state index contributed by atoms with van der Waals surface area (Å²) in [5.74, 6) is -0.364. The highest BCUT2D eigenvalue weighted by molar-refractivity contribution is 5.70. The van der Waals surface area contributed by atoms with Crippen LogP contribution in [0.5, 0.6) is 0 Å². The van der Waals surface area contributed by atoms with Gasteiger partial charge < -0.3 is 19.3 Å². The van der Waals surface area contributed by atoms with Crippen LogP contribution in [0.15, 0.2) is 0 Å². The van der Waals surface area contributed by atoms with Crippen LogP contribution in [0.4, 0.5) is 0 Å². The number of aliphatic hydroxyl groups is 1. The van der Waals surface area contributed by atoms with Crippen LogP contribution in [-0.2, 0) is 19.0 Å². The lowest BCUT2D eigenvalue weighted by atomic mass is 9.94. The van der Waals surface area contributed by atoms with E-state index in [9.17, 15) is 9.90 Å². The maximum Gasteiger partial charge on any atom is 0.308 e. The van der Waals surface area contributed by atoms with Crippen molar-refractivity contribution in [1.82, 2.24) is 0 Å². The van der Waals surface area contributed by atoms with Crippen molar-refractivity contribution in [1.29, 1.82) is 0 Å². The normalized spacial score (nSPS) is 55.7. The van der Waals surface area contributed by atoms with Gasteiger partial charge in [0.2, 0.25) is 0 Å². The van der Waals surface area contributed by atoms with Crippen LogP contribution in [-0.4, -0.2) is 47.2 Å². The summed E-state index contributed by atoms with van der Waals surface area (Å²) >= 11 is 0. The first kappa shape index (κ1) is 10.5. The summed E-state index contributed by atoms with van der Waals surface area (Å²) in [6.45, 7) is 3.78. The number of carbonyl (C=O) groups excluding carboxylic acids is 1. The Kier molecular flexibility index (Phi) is 2.09. The summed E-state index contributed by atoms with van der Waals surface area (Å²) in [6.07, 6.45) is -0.376. The fraction of sp³-hybridized carbons (Fsp3) is 0.909. The average Bonchev–Trinajstić information content (AvgIpc) is 3.00. The van der Waals surface area contributed by atoms with E-state index in [4.69, 9.17) is 14.2 Å². The first-order chi connectivity index (χ1) is 7.50. The van der Waals surface area contributed by atoms with E-state index in [1.165, 1.54) is 0 Å².